The highest BCUT2D eigenvalue weighted by Crippen LogP contribution is 2.10. The van der Waals surface area contributed by atoms with Gasteiger partial charge in [0.1, 0.15) is 6.61 Å². The fourth-order valence-corrected chi connectivity index (χ4v) is 1.39. The molecule has 0 aromatic heterocycles. The first-order valence-electron chi connectivity index (χ1n) is 5.86. The number of carbonyl (C=O) groups excluding carboxylic acids is 2. The second-order valence-corrected chi connectivity index (χ2v) is 3.75. The normalized spacial score (nSPS) is 10.0. The Morgan fingerprint density at radius 1 is 1.26 bits per heavy atom. The zero-order chi connectivity index (χ0) is 14.1. The number of carbonyl (C=O) groups is 2. The molecule has 0 radical (unpaired) electrons. The third-order valence-corrected chi connectivity index (χ3v) is 2.30. The Morgan fingerprint density at radius 3 is 2.74 bits per heavy atom. The van der Waals surface area contributed by atoms with Crippen molar-refractivity contribution in [2.75, 3.05) is 39.3 Å². The summed E-state index contributed by atoms with van der Waals surface area (Å²) in [6, 6.07) is 6.68. The number of ether oxygens (including phenoxy) is 2. The highest BCUT2D eigenvalue weighted by Gasteiger charge is 2.06. The van der Waals surface area contributed by atoms with Crippen LogP contribution in [-0.4, -0.2) is 45.8 Å². The number of amides is 2. The van der Waals surface area contributed by atoms with E-state index in [1.54, 1.807) is 38.4 Å². The van der Waals surface area contributed by atoms with Gasteiger partial charge in [-0.2, -0.15) is 0 Å². The van der Waals surface area contributed by atoms with E-state index in [1.165, 1.54) is 0 Å². The summed E-state index contributed by atoms with van der Waals surface area (Å²) >= 11 is 0. The lowest BCUT2D eigenvalue weighted by molar-refractivity contribution is -0.121. The van der Waals surface area contributed by atoms with Crippen LogP contribution in [0.25, 0.3) is 0 Å². The standard InChI is InChI=1S/C13H18N2O4/c1-14-13(17)10-4-3-5-11(8-10)15-12(16)9-19-7-6-18-2/h3-5,8H,6-7,9H2,1-2H3,(H,14,17)(H,15,16). The van der Waals surface area contributed by atoms with Gasteiger partial charge in [0, 0.05) is 25.4 Å². The van der Waals surface area contributed by atoms with Crippen molar-refractivity contribution < 1.29 is 19.1 Å². The van der Waals surface area contributed by atoms with E-state index in [-0.39, 0.29) is 18.4 Å². The molecule has 0 aliphatic rings. The molecule has 0 saturated carbocycles. The zero-order valence-electron chi connectivity index (χ0n) is 11.1. The van der Waals surface area contributed by atoms with Gasteiger partial charge in [0.15, 0.2) is 0 Å². The van der Waals surface area contributed by atoms with Crippen molar-refractivity contribution in [1.82, 2.24) is 5.32 Å². The molecule has 6 nitrogen and oxygen atoms in total. The van der Waals surface area contributed by atoms with Crippen LogP contribution in [0.5, 0.6) is 0 Å². The Balaban J connectivity index is 2.48. The molecule has 0 heterocycles. The van der Waals surface area contributed by atoms with Gasteiger partial charge in [0.2, 0.25) is 5.91 Å². The van der Waals surface area contributed by atoms with Crippen molar-refractivity contribution in [2.45, 2.75) is 0 Å². The van der Waals surface area contributed by atoms with Gasteiger partial charge < -0.3 is 20.1 Å². The molecule has 19 heavy (non-hydrogen) atoms. The molecule has 0 atom stereocenters. The molecule has 1 rings (SSSR count). The molecule has 0 unspecified atom stereocenters. The molecule has 2 N–H and O–H groups in total. The van der Waals surface area contributed by atoms with Gasteiger partial charge in [-0.15, -0.1) is 0 Å². The topological polar surface area (TPSA) is 76.7 Å². The first kappa shape index (κ1) is 15.1. The fraction of sp³-hybridized carbons (Fsp3) is 0.385. The summed E-state index contributed by atoms with van der Waals surface area (Å²) in [6.07, 6.45) is 0. The Kier molecular flexibility index (Phi) is 6.56. The second kappa shape index (κ2) is 8.23. The molecule has 1 aromatic carbocycles. The molecular formula is C13H18N2O4. The molecule has 0 spiro atoms. The Morgan fingerprint density at radius 2 is 2.05 bits per heavy atom. The number of benzene rings is 1. The molecule has 0 fully saturated rings. The van der Waals surface area contributed by atoms with E-state index < -0.39 is 0 Å². The van der Waals surface area contributed by atoms with E-state index in [2.05, 4.69) is 10.6 Å². The van der Waals surface area contributed by atoms with Crippen LogP contribution >= 0.6 is 0 Å². The van der Waals surface area contributed by atoms with Crippen LogP contribution in [0.1, 0.15) is 10.4 Å². The third kappa shape index (κ3) is 5.50. The average Bonchev–Trinajstić information content (AvgIpc) is 2.43. The van der Waals surface area contributed by atoms with Crippen LogP contribution in [-0.2, 0) is 14.3 Å². The van der Waals surface area contributed by atoms with Crippen LogP contribution in [0.2, 0.25) is 0 Å². The molecule has 6 heteroatoms. The van der Waals surface area contributed by atoms with Gasteiger partial charge in [0.05, 0.1) is 13.2 Å². The summed E-state index contributed by atoms with van der Waals surface area (Å²) in [6.45, 7) is 0.759. The maximum absolute atomic E-state index is 11.5. The van der Waals surface area contributed by atoms with Gasteiger partial charge in [-0.05, 0) is 18.2 Å². The third-order valence-electron chi connectivity index (χ3n) is 2.30. The number of rotatable bonds is 7. The average molecular weight is 266 g/mol. The Bertz CT molecular complexity index is 434. The van der Waals surface area contributed by atoms with Crippen LogP contribution < -0.4 is 10.6 Å². The first-order chi connectivity index (χ1) is 9.17. The lowest BCUT2D eigenvalue weighted by Gasteiger charge is -2.07. The Hall–Kier alpha value is -1.92. The van der Waals surface area contributed by atoms with Gasteiger partial charge in [-0.25, -0.2) is 0 Å². The van der Waals surface area contributed by atoms with Crippen molar-refractivity contribution in [3.8, 4) is 0 Å². The predicted molar refractivity (Wildman–Crippen MR) is 71.2 cm³/mol. The fourth-order valence-electron chi connectivity index (χ4n) is 1.39. The zero-order valence-corrected chi connectivity index (χ0v) is 11.1. The van der Waals surface area contributed by atoms with E-state index in [4.69, 9.17) is 9.47 Å². The summed E-state index contributed by atoms with van der Waals surface area (Å²) in [7, 11) is 3.12. The maximum Gasteiger partial charge on any atom is 0.251 e. The Labute approximate surface area is 112 Å². The molecule has 0 bridgehead atoms. The van der Waals surface area contributed by atoms with E-state index >= 15 is 0 Å². The lowest BCUT2D eigenvalue weighted by Crippen LogP contribution is -2.21. The molecule has 1 aromatic rings. The van der Waals surface area contributed by atoms with E-state index in [0.717, 1.165) is 0 Å². The van der Waals surface area contributed by atoms with Gasteiger partial charge in [-0.1, -0.05) is 6.07 Å². The maximum atomic E-state index is 11.5. The van der Waals surface area contributed by atoms with Crippen LogP contribution in [0.15, 0.2) is 24.3 Å². The monoisotopic (exact) mass is 266 g/mol. The first-order valence-corrected chi connectivity index (χ1v) is 5.86. The number of hydrogen-bond donors (Lipinski definition) is 2. The molecule has 0 saturated heterocycles. The predicted octanol–water partition coefficient (Wildman–Crippen LogP) is 0.648. The molecule has 2 amide bonds. The van der Waals surface area contributed by atoms with Crippen LogP contribution in [0.4, 0.5) is 5.69 Å². The SMILES string of the molecule is CNC(=O)c1cccc(NC(=O)COCCOC)c1. The van der Waals surface area contributed by atoms with Gasteiger partial charge in [-0.3, -0.25) is 9.59 Å². The minimum atomic E-state index is -0.273. The highest BCUT2D eigenvalue weighted by atomic mass is 16.5. The molecular weight excluding hydrogens is 248 g/mol. The summed E-state index contributed by atoms with van der Waals surface area (Å²) in [5.74, 6) is -0.474. The number of methoxy groups -OCH3 is 1. The number of anilines is 1. The summed E-state index contributed by atoms with van der Waals surface area (Å²) in [5.41, 5.74) is 1.04. The van der Waals surface area contributed by atoms with E-state index in [1.807, 2.05) is 0 Å². The number of nitrogens with one attached hydrogen (secondary N) is 2. The van der Waals surface area contributed by atoms with Crippen molar-refractivity contribution in [3.05, 3.63) is 29.8 Å². The van der Waals surface area contributed by atoms with Crippen molar-refractivity contribution >= 4 is 17.5 Å². The summed E-state index contributed by atoms with van der Waals surface area (Å²) in [5, 5.41) is 5.17. The minimum Gasteiger partial charge on any atom is -0.382 e. The number of hydrogen-bond acceptors (Lipinski definition) is 4. The molecule has 104 valence electrons. The van der Waals surface area contributed by atoms with Crippen molar-refractivity contribution in [2.24, 2.45) is 0 Å². The van der Waals surface area contributed by atoms with Crippen molar-refractivity contribution in [3.63, 3.8) is 0 Å². The van der Waals surface area contributed by atoms with E-state index in [0.29, 0.717) is 24.5 Å². The quantitative estimate of drug-likeness (QED) is 0.710. The van der Waals surface area contributed by atoms with E-state index in [9.17, 15) is 9.59 Å². The second-order valence-electron chi connectivity index (χ2n) is 3.75. The largest absolute Gasteiger partial charge is 0.382 e. The van der Waals surface area contributed by atoms with Crippen molar-refractivity contribution in [1.29, 1.82) is 0 Å². The molecule has 0 aliphatic carbocycles. The molecule has 0 aliphatic heterocycles. The van der Waals surface area contributed by atoms with Gasteiger partial charge >= 0.3 is 0 Å². The summed E-state index contributed by atoms with van der Waals surface area (Å²) in [4.78, 5) is 23.0. The minimum absolute atomic E-state index is 0.0481. The lowest BCUT2D eigenvalue weighted by atomic mass is 10.2. The van der Waals surface area contributed by atoms with Gasteiger partial charge in [0.25, 0.3) is 5.91 Å². The highest BCUT2D eigenvalue weighted by molar-refractivity contribution is 5.97. The van der Waals surface area contributed by atoms with Crippen LogP contribution in [0.3, 0.4) is 0 Å². The summed E-state index contributed by atoms with van der Waals surface area (Å²) < 4.78 is 9.89. The smallest absolute Gasteiger partial charge is 0.251 e. The van der Waals surface area contributed by atoms with Crippen LogP contribution in [0, 0.1) is 0 Å².